The third-order valence-electron chi connectivity index (χ3n) is 2.24. The zero-order valence-electron chi connectivity index (χ0n) is 9.30. The van der Waals surface area contributed by atoms with Gasteiger partial charge in [0.25, 0.3) is 0 Å². The minimum Gasteiger partial charge on any atom is -0.477 e. The van der Waals surface area contributed by atoms with Crippen molar-refractivity contribution in [3.63, 3.8) is 0 Å². The van der Waals surface area contributed by atoms with E-state index in [0.717, 1.165) is 10.0 Å². The van der Waals surface area contributed by atoms with Gasteiger partial charge in [-0.05, 0) is 23.8 Å². The van der Waals surface area contributed by atoms with E-state index < -0.39 is 5.97 Å². The first kappa shape index (κ1) is 12.5. The van der Waals surface area contributed by atoms with Crippen molar-refractivity contribution in [2.45, 2.75) is 6.54 Å². The number of anilines is 1. The van der Waals surface area contributed by atoms with Gasteiger partial charge in [0.15, 0.2) is 5.69 Å². The third-order valence-corrected chi connectivity index (χ3v) is 2.77. The smallest absolute Gasteiger partial charge is 0.354 e. The number of rotatable bonds is 4. The van der Waals surface area contributed by atoms with E-state index in [9.17, 15) is 4.79 Å². The molecule has 1 aromatic carbocycles. The fourth-order valence-electron chi connectivity index (χ4n) is 1.35. The van der Waals surface area contributed by atoms with Gasteiger partial charge in [0, 0.05) is 17.2 Å². The molecule has 0 radical (unpaired) electrons. The lowest BCUT2D eigenvalue weighted by molar-refractivity contribution is 0.0690. The van der Waals surface area contributed by atoms with E-state index in [1.165, 1.54) is 12.3 Å². The van der Waals surface area contributed by atoms with Gasteiger partial charge in [-0.3, -0.25) is 0 Å². The summed E-state index contributed by atoms with van der Waals surface area (Å²) >= 11 is 3.36. The van der Waals surface area contributed by atoms with Crippen molar-refractivity contribution in [2.75, 3.05) is 5.32 Å². The van der Waals surface area contributed by atoms with E-state index in [0.29, 0.717) is 12.5 Å². The number of carboxylic acids is 1. The molecule has 0 aliphatic carbocycles. The summed E-state index contributed by atoms with van der Waals surface area (Å²) in [5.74, 6) is -0.762. The van der Waals surface area contributed by atoms with Crippen LogP contribution in [0, 0.1) is 0 Å². The lowest BCUT2D eigenvalue weighted by Crippen LogP contribution is -2.07. The fourth-order valence-corrected chi connectivity index (χ4v) is 1.61. The van der Waals surface area contributed by atoms with Crippen LogP contribution in [0.2, 0.25) is 0 Å². The Balaban J connectivity index is 2.04. The zero-order valence-corrected chi connectivity index (χ0v) is 10.9. The normalized spacial score (nSPS) is 10.1. The van der Waals surface area contributed by atoms with Gasteiger partial charge in [0.05, 0.1) is 0 Å². The first-order chi connectivity index (χ1) is 8.65. The quantitative estimate of drug-likeness (QED) is 0.908. The molecular formula is C12H10BrN3O2. The first-order valence-electron chi connectivity index (χ1n) is 5.20. The summed E-state index contributed by atoms with van der Waals surface area (Å²) in [6, 6.07) is 9.14. The van der Waals surface area contributed by atoms with Crippen LogP contribution >= 0.6 is 15.9 Å². The lowest BCUT2D eigenvalue weighted by atomic mass is 10.2. The van der Waals surface area contributed by atoms with Crippen molar-refractivity contribution < 1.29 is 9.90 Å². The van der Waals surface area contributed by atoms with Gasteiger partial charge in [-0.1, -0.05) is 28.1 Å². The molecule has 2 aromatic rings. The molecule has 0 fully saturated rings. The van der Waals surface area contributed by atoms with Crippen LogP contribution in [0.25, 0.3) is 0 Å². The molecular weight excluding hydrogens is 298 g/mol. The van der Waals surface area contributed by atoms with Crippen LogP contribution in [0.3, 0.4) is 0 Å². The Morgan fingerprint density at radius 1 is 1.28 bits per heavy atom. The second-order valence-corrected chi connectivity index (χ2v) is 4.47. The van der Waals surface area contributed by atoms with Crippen molar-refractivity contribution in [3.8, 4) is 0 Å². The summed E-state index contributed by atoms with van der Waals surface area (Å²) in [5.41, 5.74) is 1.03. The Labute approximate surface area is 112 Å². The average Bonchev–Trinajstić information content (AvgIpc) is 2.38. The molecule has 0 atom stereocenters. The Bertz CT molecular complexity index is 558. The van der Waals surface area contributed by atoms with Crippen LogP contribution < -0.4 is 5.32 Å². The van der Waals surface area contributed by atoms with E-state index in [4.69, 9.17) is 5.11 Å². The Morgan fingerprint density at radius 3 is 2.67 bits per heavy atom. The van der Waals surface area contributed by atoms with Gasteiger partial charge in [0.1, 0.15) is 0 Å². The molecule has 0 aliphatic heterocycles. The Morgan fingerprint density at radius 2 is 2.00 bits per heavy atom. The number of aromatic carboxylic acids is 1. The molecule has 1 aromatic heterocycles. The number of nitrogens with one attached hydrogen (secondary N) is 1. The van der Waals surface area contributed by atoms with Crippen LogP contribution in [-0.2, 0) is 6.54 Å². The Hall–Kier alpha value is -1.95. The van der Waals surface area contributed by atoms with Crippen LogP contribution in [0.5, 0.6) is 0 Å². The van der Waals surface area contributed by atoms with Gasteiger partial charge in [-0.2, -0.15) is 0 Å². The Kier molecular flexibility index (Phi) is 3.88. The summed E-state index contributed by atoms with van der Waals surface area (Å²) in [4.78, 5) is 18.6. The summed E-state index contributed by atoms with van der Waals surface area (Å²) < 4.78 is 1.01. The van der Waals surface area contributed by atoms with Crippen molar-refractivity contribution in [1.29, 1.82) is 0 Å². The maximum absolute atomic E-state index is 10.7. The number of halogens is 1. The molecule has 0 unspecified atom stereocenters. The summed E-state index contributed by atoms with van der Waals surface area (Å²) in [6.45, 7) is 0.538. The summed E-state index contributed by atoms with van der Waals surface area (Å²) in [5, 5.41) is 11.8. The standard InChI is InChI=1S/C12H10BrN3O2/c13-9-3-1-8(2-4-9)7-15-12-14-6-5-10(16-12)11(17)18/h1-6H,7H2,(H,17,18)(H,14,15,16). The van der Waals surface area contributed by atoms with Crippen molar-refractivity contribution in [3.05, 3.63) is 52.3 Å². The largest absolute Gasteiger partial charge is 0.477 e. The maximum Gasteiger partial charge on any atom is 0.354 e. The van der Waals surface area contributed by atoms with Crippen LogP contribution in [0.15, 0.2) is 41.0 Å². The van der Waals surface area contributed by atoms with E-state index in [-0.39, 0.29) is 5.69 Å². The van der Waals surface area contributed by atoms with E-state index in [2.05, 4.69) is 31.2 Å². The molecule has 1 heterocycles. The second-order valence-electron chi connectivity index (χ2n) is 3.55. The summed E-state index contributed by atoms with van der Waals surface area (Å²) in [6.07, 6.45) is 1.42. The molecule has 0 saturated heterocycles. The summed E-state index contributed by atoms with van der Waals surface area (Å²) in [7, 11) is 0. The minimum atomic E-state index is -1.07. The number of hydrogen-bond acceptors (Lipinski definition) is 4. The maximum atomic E-state index is 10.7. The van der Waals surface area contributed by atoms with Gasteiger partial charge >= 0.3 is 5.97 Å². The van der Waals surface area contributed by atoms with E-state index in [1.807, 2.05) is 24.3 Å². The van der Waals surface area contributed by atoms with Gasteiger partial charge in [-0.15, -0.1) is 0 Å². The molecule has 2 N–H and O–H groups in total. The fraction of sp³-hybridized carbons (Fsp3) is 0.0833. The average molecular weight is 308 g/mol. The van der Waals surface area contributed by atoms with Gasteiger partial charge < -0.3 is 10.4 Å². The SMILES string of the molecule is O=C(O)c1ccnc(NCc2ccc(Br)cc2)n1. The van der Waals surface area contributed by atoms with Crippen molar-refractivity contribution in [2.24, 2.45) is 0 Å². The molecule has 0 spiro atoms. The molecule has 5 nitrogen and oxygen atoms in total. The number of carboxylic acid groups (broad SMARTS) is 1. The highest BCUT2D eigenvalue weighted by Crippen LogP contribution is 2.11. The number of carbonyl (C=O) groups is 1. The van der Waals surface area contributed by atoms with E-state index >= 15 is 0 Å². The molecule has 18 heavy (non-hydrogen) atoms. The first-order valence-corrected chi connectivity index (χ1v) is 5.99. The van der Waals surface area contributed by atoms with Gasteiger partial charge in [0.2, 0.25) is 5.95 Å². The van der Waals surface area contributed by atoms with Gasteiger partial charge in [-0.25, -0.2) is 14.8 Å². The molecule has 0 aliphatic rings. The topological polar surface area (TPSA) is 75.1 Å². The number of hydrogen-bond donors (Lipinski definition) is 2. The zero-order chi connectivity index (χ0) is 13.0. The van der Waals surface area contributed by atoms with Crippen LogP contribution in [-0.4, -0.2) is 21.0 Å². The number of nitrogens with zero attached hydrogens (tertiary/aromatic N) is 2. The predicted molar refractivity (Wildman–Crippen MR) is 70.5 cm³/mol. The van der Waals surface area contributed by atoms with Crippen LogP contribution in [0.1, 0.15) is 16.1 Å². The van der Waals surface area contributed by atoms with E-state index in [1.54, 1.807) is 0 Å². The number of aromatic nitrogens is 2. The highest BCUT2D eigenvalue weighted by atomic mass is 79.9. The molecule has 92 valence electrons. The molecule has 0 saturated carbocycles. The second kappa shape index (κ2) is 5.59. The molecule has 0 amide bonds. The predicted octanol–water partition coefficient (Wildman–Crippen LogP) is 2.55. The highest BCUT2D eigenvalue weighted by Gasteiger charge is 2.05. The molecule has 0 bridgehead atoms. The lowest BCUT2D eigenvalue weighted by Gasteiger charge is -2.05. The monoisotopic (exact) mass is 307 g/mol. The number of benzene rings is 1. The van der Waals surface area contributed by atoms with Crippen molar-refractivity contribution in [1.82, 2.24) is 9.97 Å². The minimum absolute atomic E-state index is 0.0247. The molecule has 6 heteroatoms. The highest BCUT2D eigenvalue weighted by molar-refractivity contribution is 9.10. The molecule has 2 rings (SSSR count). The third kappa shape index (κ3) is 3.27. The van der Waals surface area contributed by atoms with Crippen molar-refractivity contribution >= 4 is 27.8 Å². The van der Waals surface area contributed by atoms with Crippen LogP contribution in [0.4, 0.5) is 5.95 Å².